The van der Waals surface area contributed by atoms with Crippen LogP contribution in [0.1, 0.15) is 37.3 Å². The van der Waals surface area contributed by atoms with Gasteiger partial charge in [-0.1, -0.05) is 43.7 Å². The molecule has 2 saturated heterocycles. The van der Waals surface area contributed by atoms with Gasteiger partial charge in [-0.2, -0.15) is 4.31 Å². The van der Waals surface area contributed by atoms with Gasteiger partial charge in [0.1, 0.15) is 11.6 Å². The predicted octanol–water partition coefficient (Wildman–Crippen LogP) is 2.28. The van der Waals surface area contributed by atoms with Crippen LogP contribution in [0.15, 0.2) is 53.9 Å². The van der Waals surface area contributed by atoms with E-state index < -0.39 is 51.7 Å². The number of aliphatic hydroxyl groups is 1. The number of likely N-dealkylation sites (tertiary alicyclic amines) is 1. The maximum absolute atomic E-state index is 14.0. The van der Waals surface area contributed by atoms with Crippen LogP contribution < -0.4 is 10.6 Å². The lowest BCUT2D eigenvalue weighted by Gasteiger charge is -2.38. The topological polar surface area (TPSA) is 119 Å². The molecule has 42 heavy (non-hydrogen) atoms. The van der Waals surface area contributed by atoms with E-state index in [1.54, 1.807) is 29.2 Å². The summed E-state index contributed by atoms with van der Waals surface area (Å²) >= 11 is 0. The molecular weight excluding hydrogens is 566 g/mol. The number of nitrogens with one attached hydrogen (secondary N) is 2. The van der Waals surface area contributed by atoms with Crippen molar-refractivity contribution in [1.29, 1.82) is 0 Å². The standard InChI is InChI=1S/C30H38F2N4O5S/c1-2-3-11-35-19-23(17-28(35)37)30(39)34-26(16-22-14-24(31)18-25(32)15-22)29(38)27-20-36(12-10-33-27)42(40,41)13-9-21-7-5-4-6-8-21/h4-9,13-15,18,23,26-27,29,33,38H,2-3,10-12,16-17,19-20H2,1H3,(H,34,39)/t23?,26?,27-,29+/m1/s1. The Kier molecular flexibility index (Phi) is 10.8. The number of sulfonamides is 1. The van der Waals surface area contributed by atoms with Gasteiger partial charge in [0.2, 0.25) is 21.8 Å². The van der Waals surface area contributed by atoms with Crippen LogP contribution in [0.4, 0.5) is 8.78 Å². The number of rotatable bonds is 12. The van der Waals surface area contributed by atoms with Crippen molar-refractivity contribution in [2.24, 2.45) is 5.92 Å². The second-order valence-electron chi connectivity index (χ2n) is 10.9. The molecule has 0 radical (unpaired) electrons. The molecule has 2 aliphatic rings. The third kappa shape index (κ3) is 8.43. The van der Waals surface area contributed by atoms with E-state index in [4.69, 9.17) is 0 Å². The quantitative estimate of drug-likeness (QED) is 0.342. The maximum Gasteiger partial charge on any atom is 0.236 e. The zero-order valence-electron chi connectivity index (χ0n) is 23.6. The van der Waals surface area contributed by atoms with Gasteiger partial charge in [0.05, 0.1) is 18.1 Å². The Bertz CT molecular complexity index is 1350. The van der Waals surface area contributed by atoms with Crippen LogP contribution in [0.5, 0.6) is 0 Å². The average molecular weight is 605 g/mol. The minimum absolute atomic E-state index is 0.0361. The lowest BCUT2D eigenvalue weighted by atomic mass is 9.94. The molecule has 3 N–H and O–H groups in total. The molecule has 0 bridgehead atoms. The van der Waals surface area contributed by atoms with E-state index in [9.17, 15) is 31.9 Å². The summed E-state index contributed by atoms with van der Waals surface area (Å²) in [6.07, 6.45) is 1.83. The maximum atomic E-state index is 14.0. The first-order valence-electron chi connectivity index (χ1n) is 14.2. The van der Waals surface area contributed by atoms with Crippen molar-refractivity contribution in [1.82, 2.24) is 19.8 Å². The molecule has 228 valence electrons. The van der Waals surface area contributed by atoms with Gasteiger partial charge in [0.25, 0.3) is 0 Å². The van der Waals surface area contributed by atoms with Crippen molar-refractivity contribution >= 4 is 27.9 Å². The zero-order chi connectivity index (χ0) is 30.3. The van der Waals surface area contributed by atoms with Gasteiger partial charge in [-0.3, -0.25) is 9.59 Å². The summed E-state index contributed by atoms with van der Waals surface area (Å²) < 4.78 is 55.4. The SMILES string of the molecule is CCCCN1CC(C(=O)NC(Cc2cc(F)cc(F)c2)[C@H](O)[C@H]2CN(S(=O)(=O)C=Cc3ccccc3)CCN2)CC1=O. The molecule has 12 heteroatoms. The molecule has 2 aromatic rings. The molecule has 4 atom stereocenters. The number of carbonyl (C=O) groups is 2. The third-order valence-electron chi connectivity index (χ3n) is 7.66. The van der Waals surface area contributed by atoms with Crippen LogP contribution in [0.2, 0.25) is 0 Å². The van der Waals surface area contributed by atoms with Gasteiger partial charge >= 0.3 is 0 Å². The molecule has 2 fully saturated rings. The van der Waals surface area contributed by atoms with Gasteiger partial charge < -0.3 is 20.6 Å². The molecule has 2 aromatic carbocycles. The van der Waals surface area contributed by atoms with Crippen LogP contribution in [0, 0.1) is 17.6 Å². The normalized spacial score (nSPS) is 21.5. The molecule has 0 saturated carbocycles. The summed E-state index contributed by atoms with van der Waals surface area (Å²) in [7, 11) is -3.83. The fourth-order valence-electron chi connectivity index (χ4n) is 5.36. The summed E-state index contributed by atoms with van der Waals surface area (Å²) in [6.45, 7) is 3.16. The first-order valence-corrected chi connectivity index (χ1v) is 15.7. The molecule has 2 unspecified atom stereocenters. The zero-order valence-corrected chi connectivity index (χ0v) is 24.4. The van der Waals surface area contributed by atoms with Crippen LogP contribution in [0.25, 0.3) is 6.08 Å². The van der Waals surface area contributed by atoms with E-state index in [1.807, 2.05) is 13.0 Å². The molecular formula is C30H38F2N4O5S. The number of benzene rings is 2. The van der Waals surface area contributed by atoms with Crippen molar-refractivity contribution in [2.45, 2.75) is 50.8 Å². The Labute approximate surface area is 245 Å². The lowest BCUT2D eigenvalue weighted by molar-refractivity contribution is -0.129. The molecule has 2 heterocycles. The highest BCUT2D eigenvalue weighted by Crippen LogP contribution is 2.21. The van der Waals surface area contributed by atoms with Crippen molar-refractivity contribution < 1.29 is 31.9 Å². The van der Waals surface area contributed by atoms with Gasteiger partial charge in [-0.25, -0.2) is 17.2 Å². The van der Waals surface area contributed by atoms with Gasteiger partial charge in [-0.15, -0.1) is 0 Å². The van der Waals surface area contributed by atoms with E-state index in [0.29, 0.717) is 6.54 Å². The molecule has 2 aliphatic heterocycles. The highest BCUT2D eigenvalue weighted by Gasteiger charge is 2.38. The first kappa shape index (κ1) is 31.7. The summed E-state index contributed by atoms with van der Waals surface area (Å²) in [5.41, 5.74) is 0.937. The highest BCUT2D eigenvalue weighted by atomic mass is 32.2. The highest BCUT2D eigenvalue weighted by molar-refractivity contribution is 7.92. The Morgan fingerprint density at radius 1 is 1.17 bits per heavy atom. The minimum atomic E-state index is -3.83. The molecule has 0 aliphatic carbocycles. The van der Waals surface area contributed by atoms with Crippen LogP contribution >= 0.6 is 0 Å². The largest absolute Gasteiger partial charge is 0.389 e. The number of amides is 2. The monoisotopic (exact) mass is 604 g/mol. The van der Waals surface area contributed by atoms with Gasteiger partial charge in [0, 0.05) is 56.7 Å². The predicted molar refractivity (Wildman–Crippen MR) is 155 cm³/mol. The first-order chi connectivity index (χ1) is 20.1. The summed E-state index contributed by atoms with van der Waals surface area (Å²) in [5, 5.41) is 18.5. The summed E-state index contributed by atoms with van der Waals surface area (Å²) in [4.78, 5) is 27.4. The van der Waals surface area contributed by atoms with E-state index in [2.05, 4.69) is 10.6 Å². The molecule has 2 amide bonds. The molecule has 9 nitrogen and oxygen atoms in total. The van der Waals surface area contributed by atoms with Crippen molar-refractivity contribution in [3.8, 4) is 0 Å². The number of hydrogen-bond acceptors (Lipinski definition) is 6. The Balaban J connectivity index is 1.50. The minimum Gasteiger partial charge on any atom is -0.389 e. The third-order valence-corrected chi connectivity index (χ3v) is 9.19. The summed E-state index contributed by atoms with van der Waals surface area (Å²) in [5.74, 6) is -2.79. The van der Waals surface area contributed by atoms with Crippen molar-refractivity contribution in [3.05, 3.63) is 76.7 Å². The fourth-order valence-corrected chi connectivity index (χ4v) is 6.57. The fraction of sp³-hybridized carbons (Fsp3) is 0.467. The Morgan fingerprint density at radius 3 is 2.57 bits per heavy atom. The number of carbonyl (C=O) groups excluding carboxylic acids is 2. The number of nitrogens with zero attached hydrogens (tertiary/aromatic N) is 2. The molecule has 0 spiro atoms. The smallest absolute Gasteiger partial charge is 0.236 e. The number of halogens is 2. The Hall–Kier alpha value is -3.19. The molecule has 4 rings (SSSR count). The van der Waals surface area contributed by atoms with Gasteiger partial charge in [0.15, 0.2) is 0 Å². The number of piperazine rings is 1. The number of aliphatic hydroxyl groups excluding tert-OH is 1. The van der Waals surface area contributed by atoms with E-state index in [-0.39, 0.29) is 50.5 Å². The van der Waals surface area contributed by atoms with Crippen LogP contribution in [-0.4, -0.2) is 85.5 Å². The average Bonchev–Trinajstić information content (AvgIpc) is 3.34. The summed E-state index contributed by atoms with van der Waals surface area (Å²) in [6, 6.07) is 10.2. The van der Waals surface area contributed by atoms with Crippen LogP contribution in [-0.2, 0) is 26.0 Å². The van der Waals surface area contributed by atoms with Crippen LogP contribution in [0.3, 0.4) is 0 Å². The number of unbranched alkanes of at least 4 members (excludes halogenated alkanes) is 1. The van der Waals surface area contributed by atoms with E-state index in [1.165, 1.54) is 10.4 Å². The Morgan fingerprint density at radius 2 is 1.88 bits per heavy atom. The van der Waals surface area contributed by atoms with E-state index >= 15 is 0 Å². The second kappa shape index (κ2) is 14.3. The van der Waals surface area contributed by atoms with Crippen molar-refractivity contribution in [2.75, 3.05) is 32.7 Å². The van der Waals surface area contributed by atoms with Gasteiger partial charge in [-0.05, 0) is 42.2 Å². The van der Waals surface area contributed by atoms with E-state index in [0.717, 1.165) is 42.0 Å². The number of hydrogen-bond donors (Lipinski definition) is 3. The lowest BCUT2D eigenvalue weighted by Crippen LogP contribution is -2.62. The van der Waals surface area contributed by atoms with Crippen molar-refractivity contribution in [3.63, 3.8) is 0 Å². The molecule has 0 aromatic heterocycles. The second-order valence-corrected chi connectivity index (χ2v) is 12.7.